The average Bonchev–Trinajstić information content (AvgIpc) is 3.10. The highest BCUT2D eigenvalue weighted by Crippen LogP contribution is 2.26. The molecular weight excluding hydrogens is 372 g/mol. The maximum absolute atomic E-state index is 6.09. The molecule has 0 spiro atoms. The number of fused-ring (bicyclic) bond motifs is 3. The van der Waals surface area contributed by atoms with E-state index in [1.54, 1.807) is 6.20 Å². The van der Waals surface area contributed by atoms with Crippen LogP contribution in [0.25, 0.3) is 33.3 Å². The topological polar surface area (TPSA) is 79.4 Å². The lowest BCUT2D eigenvalue weighted by atomic mass is 10.0. The second-order valence-electron chi connectivity index (χ2n) is 6.37. The van der Waals surface area contributed by atoms with E-state index in [9.17, 15) is 0 Å². The molecule has 28 heavy (non-hydrogen) atoms. The molecule has 0 aliphatic rings. The Morgan fingerprint density at radius 2 is 1.86 bits per heavy atom. The van der Waals surface area contributed by atoms with Crippen molar-refractivity contribution in [3.63, 3.8) is 0 Å². The average molecular weight is 387 g/mol. The van der Waals surface area contributed by atoms with Crippen molar-refractivity contribution in [1.29, 1.82) is 0 Å². The zero-order valence-corrected chi connectivity index (χ0v) is 15.5. The Balaban J connectivity index is 1.45. The van der Waals surface area contributed by atoms with Gasteiger partial charge in [0.1, 0.15) is 5.52 Å². The molecule has 0 bridgehead atoms. The van der Waals surface area contributed by atoms with Crippen molar-refractivity contribution in [2.45, 2.75) is 6.54 Å². The van der Waals surface area contributed by atoms with E-state index in [4.69, 9.17) is 11.6 Å². The molecule has 0 saturated carbocycles. The zero-order chi connectivity index (χ0) is 18.9. The molecule has 0 radical (unpaired) electrons. The Morgan fingerprint density at radius 1 is 0.964 bits per heavy atom. The van der Waals surface area contributed by atoms with Crippen LogP contribution in [0.1, 0.15) is 5.56 Å². The van der Waals surface area contributed by atoms with Crippen LogP contribution >= 0.6 is 11.6 Å². The molecule has 0 unspecified atom stereocenters. The maximum Gasteiger partial charge on any atom is 0.245 e. The number of hydrogen-bond donors (Lipinski definition) is 2. The highest BCUT2D eigenvalue weighted by Gasteiger charge is 2.10. The minimum absolute atomic E-state index is 0.459. The van der Waals surface area contributed by atoms with E-state index in [0.29, 0.717) is 28.7 Å². The SMILES string of the molecule is Clc1ccc2[nH]c3nc(NCc4ccccc4-c4ccccn4)nnc3c2c1. The van der Waals surface area contributed by atoms with Gasteiger partial charge in [0.05, 0.1) is 5.69 Å². The standard InChI is InChI=1S/C21H15ClN6/c22-14-8-9-18-16(11-14)19-20(25-18)26-21(28-27-19)24-12-13-5-1-2-6-15(13)17-7-3-4-10-23-17/h1-11H,12H2,(H2,24,25,26,28). The van der Waals surface area contributed by atoms with Gasteiger partial charge in [-0.3, -0.25) is 4.98 Å². The third-order valence-corrected chi connectivity index (χ3v) is 4.81. The van der Waals surface area contributed by atoms with Crippen LogP contribution < -0.4 is 5.32 Å². The lowest BCUT2D eigenvalue weighted by Crippen LogP contribution is -2.06. The summed E-state index contributed by atoms with van der Waals surface area (Å²) in [4.78, 5) is 12.3. The van der Waals surface area contributed by atoms with Crippen LogP contribution in [0.3, 0.4) is 0 Å². The number of pyridine rings is 1. The first-order valence-corrected chi connectivity index (χ1v) is 9.20. The lowest BCUT2D eigenvalue weighted by Gasteiger charge is -2.10. The van der Waals surface area contributed by atoms with Gasteiger partial charge in [-0.25, -0.2) is 0 Å². The molecule has 3 aromatic heterocycles. The second kappa shape index (κ2) is 6.90. The fraction of sp³-hybridized carbons (Fsp3) is 0.0476. The molecule has 3 heterocycles. The number of H-pyrrole nitrogens is 1. The highest BCUT2D eigenvalue weighted by molar-refractivity contribution is 6.31. The van der Waals surface area contributed by atoms with E-state index in [1.165, 1.54) is 0 Å². The van der Waals surface area contributed by atoms with Crippen LogP contribution in [0.5, 0.6) is 0 Å². The summed E-state index contributed by atoms with van der Waals surface area (Å²) >= 11 is 6.09. The van der Waals surface area contributed by atoms with Gasteiger partial charge >= 0.3 is 0 Å². The third-order valence-electron chi connectivity index (χ3n) is 4.57. The Hall–Kier alpha value is -3.51. The number of aromatic amines is 1. The van der Waals surface area contributed by atoms with Crippen LogP contribution in [-0.4, -0.2) is 25.1 Å². The van der Waals surface area contributed by atoms with Crippen LogP contribution in [-0.2, 0) is 6.54 Å². The number of benzene rings is 2. The smallest absolute Gasteiger partial charge is 0.245 e. The number of halogens is 1. The first kappa shape index (κ1) is 16.6. The van der Waals surface area contributed by atoms with E-state index in [1.807, 2.05) is 48.5 Å². The fourth-order valence-electron chi connectivity index (χ4n) is 3.24. The number of nitrogens with zero attached hydrogens (tertiary/aromatic N) is 4. The molecule has 2 N–H and O–H groups in total. The summed E-state index contributed by atoms with van der Waals surface area (Å²) in [7, 11) is 0. The van der Waals surface area contributed by atoms with Crippen LogP contribution in [0.15, 0.2) is 66.9 Å². The molecule has 0 fully saturated rings. The summed E-state index contributed by atoms with van der Waals surface area (Å²) in [6.07, 6.45) is 1.79. The molecule has 0 aliphatic heterocycles. The quantitative estimate of drug-likeness (QED) is 0.462. The lowest BCUT2D eigenvalue weighted by molar-refractivity contribution is 0.983. The van der Waals surface area contributed by atoms with Gasteiger partial charge in [-0.2, -0.15) is 4.98 Å². The molecule has 5 rings (SSSR count). The maximum atomic E-state index is 6.09. The molecule has 0 atom stereocenters. The molecule has 2 aromatic carbocycles. The molecule has 136 valence electrons. The Labute approximate surface area is 165 Å². The summed E-state index contributed by atoms with van der Waals surface area (Å²) in [6, 6.07) is 19.6. The van der Waals surface area contributed by atoms with Gasteiger partial charge in [-0.1, -0.05) is 41.9 Å². The van der Waals surface area contributed by atoms with Crippen molar-refractivity contribution in [3.8, 4) is 11.3 Å². The predicted octanol–water partition coefficient (Wildman–Crippen LogP) is 4.83. The van der Waals surface area contributed by atoms with Crippen molar-refractivity contribution in [1.82, 2.24) is 25.1 Å². The van der Waals surface area contributed by atoms with Gasteiger partial charge in [0, 0.05) is 34.2 Å². The third kappa shape index (κ3) is 3.04. The highest BCUT2D eigenvalue weighted by atomic mass is 35.5. The number of nitrogens with one attached hydrogen (secondary N) is 2. The second-order valence-corrected chi connectivity index (χ2v) is 6.81. The van der Waals surface area contributed by atoms with Crippen molar-refractivity contribution >= 4 is 39.6 Å². The summed E-state index contributed by atoms with van der Waals surface area (Å²) in [5, 5.41) is 13.4. The van der Waals surface area contributed by atoms with Crippen LogP contribution in [0, 0.1) is 0 Å². The summed E-state index contributed by atoms with van der Waals surface area (Å²) in [6.45, 7) is 0.561. The molecule has 7 heteroatoms. The number of aromatic nitrogens is 5. The Bertz CT molecular complexity index is 1280. The van der Waals surface area contributed by atoms with E-state index in [0.717, 1.165) is 27.7 Å². The largest absolute Gasteiger partial charge is 0.349 e. The van der Waals surface area contributed by atoms with Crippen molar-refractivity contribution in [2.24, 2.45) is 0 Å². The number of hydrogen-bond acceptors (Lipinski definition) is 5. The summed E-state index contributed by atoms with van der Waals surface area (Å²) in [5.74, 6) is 0.459. The molecular formula is C21H15ClN6. The van der Waals surface area contributed by atoms with Gasteiger partial charge in [0.15, 0.2) is 5.65 Å². The van der Waals surface area contributed by atoms with Crippen molar-refractivity contribution in [2.75, 3.05) is 5.32 Å². The fourth-order valence-corrected chi connectivity index (χ4v) is 3.41. The van der Waals surface area contributed by atoms with E-state index in [-0.39, 0.29) is 0 Å². The predicted molar refractivity (Wildman–Crippen MR) is 111 cm³/mol. The Kier molecular flexibility index (Phi) is 4.10. The summed E-state index contributed by atoms with van der Waals surface area (Å²) in [5.41, 5.74) is 5.42. The van der Waals surface area contributed by atoms with E-state index in [2.05, 4.69) is 42.6 Å². The van der Waals surface area contributed by atoms with Gasteiger partial charge in [0.25, 0.3) is 0 Å². The number of rotatable bonds is 4. The van der Waals surface area contributed by atoms with Gasteiger partial charge in [-0.05, 0) is 35.9 Å². The first-order valence-electron chi connectivity index (χ1n) is 8.83. The van der Waals surface area contributed by atoms with E-state index < -0.39 is 0 Å². The van der Waals surface area contributed by atoms with Crippen LogP contribution in [0.2, 0.25) is 5.02 Å². The molecule has 0 aliphatic carbocycles. The minimum atomic E-state index is 0.459. The monoisotopic (exact) mass is 386 g/mol. The molecule has 0 amide bonds. The minimum Gasteiger partial charge on any atom is -0.349 e. The first-order chi connectivity index (χ1) is 13.8. The van der Waals surface area contributed by atoms with Gasteiger partial charge in [0.2, 0.25) is 5.95 Å². The number of anilines is 1. The normalized spacial score (nSPS) is 11.2. The van der Waals surface area contributed by atoms with Gasteiger partial charge < -0.3 is 10.3 Å². The Morgan fingerprint density at radius 3 is 2.75 bits per heavy atom. The molecule has 5 aromatic rings. The summed E-state index contributed by atoms with van der Waals surface area (Å²) < 4.78 is 0. The van der Waals surface area contributed by atoms with E-state index >= 15 is 0 Å². The van der Waals surface area contributed by atoms with Crippen molar-refractivity contribution in [3.05, 3.63) is 77.4 Å². The van der Waals surface area contributed by atoms with Crippen LogP contribution in [0.4, 0.5) is 5.95 Å². The van der Waals surface area contributed by atoms with Gasteiger partial charge in [-0.15, -0.1) is 10.2 Å². The van der Waals surface area contributed by atoms with Crippen molar-refractivity contribution < 1.29 is 0 Å². The molecule has 0 saturated heterocycles. The molecule has 6 nitrogen and oxygen atoms in total. The zero-order valence-electron chi connectivity index (χ0n) is 14.7.